The minimum absolute atomic E-state index is 0.414. The molecule has 15 heavy (non-hydrogen) atoms. The maximum absolute atomic E-state index is 4.09. The zero-order chi connectivity index (χ0) is 11.3. The third kappa shape index (κ3) is 3.19. The summed E-state index contributed by atoms with van der Waals surface area (Å²) in [6.07, 6.45) is 11.0. The summed E-state index contributed by atoms with van der Waals surface area (Å²) in [5, 5.41) is 0. The van der Waals surface area contributed by atoms with E-state index in [9.17, 15) is 0 Å². The summed E-state index contributed by atoms with van der Waals surface area (Å²) in [6, 6.07) is 0. The monoisotopic (exact) mass is 203 g/mol. The molecule has 0 fully saturated rings. The van der Waals surface area contributed by atoms with Gasteiger partial charge >= 0.3 is 0 Å². The van der Waals surface area contributed by atoms with E-state index in [2.05, 4.69) is 44.0 Å². The molecule has 1 atom stereocenters. The normalized spacial score (nSPS) is 19.3. The molecule has 0 N–H and O–H groups in total. The standard InChI is InChI=1S/C14H21N/c1-5-13-7-6-8-14(9-11(13)2)12(3)10-15-4/h6,8-10,12H,5,7H2,1-4H3/b15-10-. The third-order valence-corrected chi connectivity index (χ3v) is 2.94. The van der Waals surface area contributed by atoms with E-state index in [-0.39, 0.29) is 0 Å². The predicted molar refractivity (Wildman–Crippen MR) is 68.4 cm³/mol. The van der Waals surface area contributed by atoms with Crippen LogP contribution in [0.1, 0.15) is 33.6 Å². The van der Waals surface area contributed by atoms with Gasteiger partial charge in [0, 0.05) is 19.2 Å². The zero-order valence-corrected chi connectivity index (χ0v) is 10.2. The van der Waals surface area contributed by atoms with Crippen molar-refractivity contribution < 1.29 is 0 Å². The van der Waals surface area contributed by atoms with Crippen LogP contribution < -0.4 is 0 Å². The number of allylic oxidation sites excluding steroid dienone is 6. The van der Waals surface area contributed by atoms with Gasteiger partial charge in [-0.1, -0.05) is 43.2 Å². The highest BCUT2D eigenvalue weighted by molar-refractivity contribution is 5.66. The lowest BCUT2D eigenvalue weighted by atomic mass is 9.99. The van der Waals surface area contributed by atoms with Gasteiger partial charge in [-0.15, -0.1) is 0 Å². The lowest BCUT2D eigenvalue weighted by Crippen LogP contribution is -1.98. The minimum Gasteiger partial charge on any atom is -0.300 e. The fourth-order valence-corrected chi connectivity index (χ4v) is 1.91. The Morgan fingerprint density at radius 2 is 2.27 bits per heavy atom. The summed E-state index contributed by atoms with van der Waals surface area (Å²) in [5.74, 6) is 0.414. The molecule has 0 aromatic rings. The summed E-state index contributed by atoms with van der Waals surface area (Å²) in [5.41, 5.74) is 4.33. The smallest absolute Gasteiger partial charge is 0.0273 e. The maximum atomic E-state index is 4.09. The quantitative estimate of drug-likeness (QED) is 0.616. The van der Waals surface area contributed by atoms with Crippen molar-refractivity contribution in [3.05, 3.63) is 34.9 Å². The van der Waals surface area contributed by atoms with Crippen molar-refractivity contribution in [2.75, 3.05) is 7.05 Å². The second kappa shape index (κ2) is 5.69. The van der Waals surface area contributed by atoms with Crippen LogP contribution in [0.3, 0.4) is 0 Å². The van der Waals surface area contributed by atoms with Crippen LogP contribution in [0.25, 0.3) is 0 Å². The zero-order valence-electron chi connectivity index (χ0n) is 10.2. The van der Waals surface area contributed by atoms with Gasteiger partial charge in [0.25, 0.3) is 0 Å². The van der Waals surface area contributed by atoms with Crippen molar-refractivity contribution >= 4 is 6.21 Å². The Bertz CT molecular complexity index is 329. The molecule has 1 unspecified atom stereocenters. The first-order valence-electron chi connectivity index (χ1n) is 5.68. The van der Waals surface area contributed by atoms with Crippen molar-refractivity contribution in [3.63, 3.8) is 0 Å². The van der Waals surface area contributed by atoms with Crippen LogP contribution >= 0.6 is 0 Å². The Hall–Kier alpha value is -1.11. The van der Waals surface area contributed by atoms with Gasteiger partial charge in [0.05, 0.1) is 0 Å². The molecule has 0 aliphatic heterocycles. The number of hydrogen-bond acceptors (Lipinski definition) is 1. The van der Waals surface area contributed by atoms with E-state index >= 15 is 0 Å². The number of hydrogen-bond donors (Lipinski definition) is 0. The molecule has 0 bridgehead atoms. The van der Waals surface area contributed by atoms with Crippen LogP contribution in [0.5, 0.6) is 0 Å². The number of nitrogens with zero attached hydrogens (tertiary/aromatic N) is 1. The first-order valence-corrected chi connectivity index (χ1v) is 5.68. The molecule has 0 heterocycles. The summed E-state index contributed by atoms with van der Waals surface area (Å²) in [4.78, 5) is 4.09. The molecule has 0 spiro atoms. The van der Waals surface area contributed by atoms with Crippen molar-refractivity contribution in [2.24, 2.45) is 10.9 Å². The molecular formula is C14H21N. The van der Waals surface area contributed by atoms with Crippen LogP contribution in [0.4, 0.5) is 0 Å². The van der Waals surface area contributed by atoms with Gasteiger partial charge < -0.3 is 4.99 Å². The Morgan fingerprint density at radius 3 is 2.87 bits per heavy atom. The Labute approximate surface area is 93.3 Å². The second-order valence-corrected chi connectivity index (χ2v) is 4.09. The van der Waals surface area contributed by atoms with Crippen molar-refractivity contribution in [1.29, 1.82) is 0 Å². The van der Waals surface area contributed by atoms with Crippen molar-refractivity contribution in [2.45, 2.75) is 33.6 Å². The van der Waals surface area contributed by atoms with Crippen LogP contribution in [-0.4, -0.2) is 13.3 Å². The highest BCUT2D eigenvalue weighted by Gasteiger charge is 2.07. The maximum Gasteiger partial charge on any atom is 0.0273 e. The largest absolute Gasteiger partial charge is 0.300 e. The van der Waals surface area contributed by atoms with E-state index in [4.69, 9.17) is 0 Å². The molecule has 0 aromatic carbocycles. The molecule has 0 radical (unpaired) electrons. The Morgan fingerprint density at radius 1 is 1.53 bits per heavy atom. The average Bonchev–Trinajstić information content (AvgIpc) is 2.40. The van der Waals surface area contributed by atoms with Gasteiger partial charge in [0.15, 0.2) is 0 Å². The first kappa shape index (κ1) is 12.0. The molecular weight excluding hydrogens is 182 g/mol. The molecule has 0 saturated carbocycles. The van der Waals surface area contributed by atoms with E-state index in [0.29, 0.717) is 5.92 Å². The van der Waals surface area contributed by atoms with E-state index in [1.165, 1.54) is 11.1 Å². The van der Waals surface area contributed by atoms with Gasteiger partial charge in [-0.3, -0.25) is 0 Å². The summed E-state index contributed by atoms with van der Waals surface area (Å²) < 4.78 is 0. The molecule has 1 nitrogen and oxygen atoms in total. The fourth-order valence-electron chi connectivity index (χ4n) is 1.91. The van der Waals surface area contributed by atoms with E-state index < -0.39 is 0 Å². The van der Waals surface area contributed by atoms with Crippen LogP contribution in [-0.2, 0) is 0 Å². The first-order chi connectivity index (χ1) is 7.19. The van der Waals surface area contributed by atoms with E-state index in [1.54, 1.807) is 5.57 Å². The molecule has 1 aliphatic carbocycles. The van der Waals surface area contributed by atoms with E-state index in [0.717, 1.165) is 12.8 Å². The second-order valence-electron chi connectivity index (χ2n) is 4.09. The minimum atomic E-state index is 0.414. The molecule has 0 aromatic heterocycles. The molecule has 1 heteroatoms. The van der Waals surface area contributed by atoms with Crippen molar-refractivity contribution in [1.82, 2.24) is 0 Å². The highest BCUT2D eigenvalue weighted by Crippen LogP contribution is 2.23. The summed E-state index contributed by atoms with van der Waals surface area (Å²) in [7, 11) is 1.83. The van der Waals surface area contributed by atoms with Crippen LogP contribution in [0.15, 0.2) is 39.9 Å². The molecule has 0 amide bonds. The number of rotatable bonds is 3. The van der Waals surface area contributed by atoms with Gasteiger partial charge in [-0.05, 0) is 25.3 Å². The van der Waals surface area contributed by atoms with Crippen molar-refractivity contribution in [3.8, 4) is 0 Å². The van der Waals surface area contributed by atoms with Crippen LogP contribution in [0, 0.1) is 5.92 Å². The average molecular weight is 203 g/mol. The molecule has 1 aliphatic rings. The Kier molecular flexibility index (Phi) is 4.54. The van der Waals surface area contributed by atoms with Gasteiger partial charge in [-0.25, -0.2) is 0 Å². The van der Waals surface area contributed by atoms with Gasteiger partial charge in [-0.2, -0.15) is 0 Å². The third-order valence-electron chi connectivity index (χ3n) is 2.94. The fraction of sp³-hybridized carbons (Fsp3) is 0.500. The molecule has 82 valence electrons. The lowest BCUT2D eigenvalue weighted by Gasteiger charge is -2.07. The summed E-state index contributed by atoms with van der Waals surface area (Å²) >= 11 is 0. The predicted octanol–water partition coefficient (Wildman–Crippen LogP) is 3.94. The molecule has 0 saturated heterocycles. The molecule has 1 rings (SSSR count). The lowest BCUT2D eigenvalue weighted by molar-refractivity contribution is 0.963. The van der Waals surface area contributed by atoms with Crippen LogP contribution in [0.2, 0.25) is 0 Å². The number of aliphatic imine (C=N–C) groups is 1. The Balaban J connectivity index is 2.96. The van der Waals surface area contributed by atoms with Gasteiger partial charge in [0.2, 0.25) is 0 Å². The van der Waals surface area contributed by atoms with E-state index in [1.807, 2.05) is 13.3 Å². The summed E-state index contributed by atoms with van der Waals surface area (Å²) in [6.45, 7) is 6.62. The van der Waals surface area contributed by atoms with Gasteiger partial charge in [0.1, 0.15) is 0 Å². The highest BCUT2D eigenvalue weighted by atomic mass is 14.6. The topological polar surface area (TPSA) is 12.4 Å². The SMILES string of the molecule is CCC1=C(C)C=C(C(C)/C=N\C)C=CC1.